The van der Waals surface area contributed by atoms with Gasteiger partial charge in [-0.15, -0.1) is 0 Å². The number of rotatable bonds is 4. The van der Waals surface area contributed by atoms with E-state index in [1.807, 2.05) is 39.8 Å². The van der Waals surface area contributed by atoms with Crippen LogP contribution >= 0.6 is 11.6 Å². The predicted octanol–water partition coefficient (Wildman–Crippen LogP) is 4.45. The molecule has 0 atom stereocenters. The van der Waals surface area contributed by atoms with E-state index in [0.29, 0.717) is 10.7 Å². The van der Waals surface area contributed by atoms with E-state index < -0.39 is 5.41 Å². The van der Waals surface area contributed by atoms with Crippen LogP contribution in [0.25, 0.3) is 0 Å². The first-order chi connectivity index (χ1) is 11.1. The van der Waals surface area contributed by atoms with Crippen molar-refractivity contribution in [1.29, 1.82) is 0 Å². The van der Waals surface area contributed by atoms with Gasteiger partial charge < -0.3 is 10.6 Å². The number of carbonyl (C=O) groups excluding carboxylic acids is 2. The Labute approximate surface area is 149 Å². The maximum atomic E-state index is 12.9. The second-order valence-corrected chi connectivity index (χ2v) is 8.29. The highest BCUT2D eigenvalue weighted by Crippen LogP contribution is 2.42. The van der Waals surface area contributed by atoms with Crippen molar-refractivity contribution < 1.29 is 9.59 Å². The molecule has 1 aromatic rings. The van der Waals surface area contributed by atoms with Crippen LogP contribution in [0.5, 0.6) is 0 Å². The number of halogens is 1. The summed E-state index contributed by atoms with van der Waals surface area (Å²) in [6, 6.07) is 5.48. The monoisotopic (exact) mass is 350 g/mol. The molecule has 0 heterocycles. The van der Waals surface area contributed by atoms with E-state index >= 15 is 0 Å². The zero-order chi connectivity index (χ0) is 18.0. The van der Waals surface area contributed by atoms with Gasteiger partial charge in [0.15, 0.2) is 0 Å². The average Bonchev–Trinajstić information content (AvgIpc) is 2.90. The maximum Gasteiger partial charge on any atom is 0.231 e. The molecule has 0 spiro atoms. The minimum atomic E-state index is -0.618. The summed E-state index contributed by atoms with van der Waals surface area (Å²) in [6.45, 7) is 7.75. The van der Waals surface area contributed by atoms with Gasteiger partial charge in [-0.2, -0.15) is 0 Å². The van der Waals surface area contributed by atoms with Gasteiger partial charge in [-0.05, 0) is 58.2 Å². The van der Waals surface area contributed by atoms with Crippen molar-refractivity contribution in [3.8, 4) is 0 Å². The second-order valence-electron chi connectivity index (χ2n) is 7.88. The molecule has 0 saturated heterocycles. The SMILES string of the molecule is Cc1ccc(NC(=O)C2(CC(=O)NC(C)(C)C)CCCC2)cc1Cl. The van der Waals surface area contributed by atoms with Crippen LogP contribution in [0.2, 0.25) is 5.02 Å². The zero-order valence-electron chi connectivity index (χ0n) is 15.0. The highest BCUT2D eigenvalue weighted by Gasteiger charge is 2.43. The lowest BCUT2D eigenvalue weighted by Gasteiger charge is -2.29. The standard InChI is InChI=1S/C19H27ClN2O2/c1-13-7-8-14(11-15(13)20)21-17(24)19(9-5-6-10-19)12-16(23)22-18(2,3)4/h7-8,11H,5-6,9-10,12H2,1-4H3,(H,21,24)(H,22,23). The van der Waals surface area contributed by atoms with Crippen molar-refractivity contribution >= 4 is 29.1 Å². The average molecular weight is 351 g/mol. The van der Waals surface area contributed by atoms with Crippen molar-refractivity contribution in [3.63, 3.8) is 0 Å². The van der Waals surface area contributed by atoms with E-state index in [1.54, 1.807) is 6.07 Å². The topological polar surface area (TPSA) is 58.2 Å². The van der Waals surface area contributed by atoms with Gasteiger partial charge >= 0.3 is 0 Å². The molecule has 1 aliphatic carbocycles. The van der Waals surface area contributed by atoms with Gasteiger partial charge in [0.2, 0.25) is 11.8 Å². The van der Waals surface area contributed by atoms with Crippen LogP contribution in [-0.2, 0) is 9.59 Å². The Bertz CT molecular complexity index is 629. The third kappa shape index (κ3) is 4.73. The van der Waals surface area contributed by atoms with E-state index in [1.165, 1.54) is 0 Å². The van der Waals surface area contributed by atoms with Crippen molar-refractivity contribution in [2.24, 2.45) is 5.41 Å². The van der Waals surface area contributed by atoms with Crippen molar-refractivity contribution in [2.45, 2.75) is 65.3 Å². The van der Waals surface area contributed by atoms with E-state index in [9.17, 15) is 9.59 Å². The van der Waals surface area contributed by atoms with Crippen LogP contribution in [0.4, 0.5) is 5.69 Å². The second kappa shape index (κ2) is 7.14. The first-order valence-electron chi connectivity index (χ1n) is 8.50. The molecule has 2 amide bonds. The minimum Gasteiger partial charge on any atom is -0.351 e. The summed E-state index contributed by atoms with van der Waals surface area (Å²) in [4.78, 5) is 25.3. The van der Waals surface area contributed by atoms with Crippen LogP contribution in [0, 0.1) is 12.3 Å². The lowest BCUT2D eigenvalue weighted by Crippen LogP contribution is -2.45. The number of amides is 2. The highest BCUT2D eigenvalue weighted by molar-refractivity contribution is 6.31. The minimum absolute atomic E-state index is 0.0681. The maximum absolute atomic E-state index is 12.9. The predicted molar refractivity (Wildman–Crippen MR) is 98.2 cm³/mol. The Morgan fingerprint density at radius 3 is 2.38 bits per heavy atom. The first kappa shape index (κ1) is 18.8. The molecule has 4 nitrogen and oxygen atoms in total. The Balaban J connectivity index is 2.12. The van der Waals surface area contributed by atoms with Gasteiger partial charge in [-0.25, -0.2) is 0 Å². The third-order valence-corrected chi connectivity index (χ3v) is 4.89. The van der Waals surface area contributed by atoms with Crippen LogP contribution in [-0.4, -0.2) is 17.4 Å². The number of carbonyl (C=O) groups is 2. The van der Waals surface area contributed by atoms with Gasteiger partial charge in [-0.1, -0.05) is 30.5 Å². The van der Waals surface area contributed by atoms with Crippen LogP contribution in [0.15, 0.2) is 18.2 Å². The molecule has 1 fully saturated rings. The summed E-state index contributed by atoms with van der Waals surface area (Å²) in [6.07, 6.45) is 3.68. The fourth-order valence-corrected chi connectivity index (χ4v) is 3.42. The number of hydrogen-bond acceptors (Lipinski definition) is 2. The Morgan fingerprint density at radius 2 is 1.83 bits per heavy atom. The number of aryl methyl sites for hydroxylation is 1. The van der Waals surface area contributed by atoms with Gasteiger partial charge in [-0.3, -0.25) is 9.59 Å². The molecule has 0 bridgehead atoms. The van der Waals surface area contributed by atoms with Crippen molar-refractivity contribution in [2.75, 3.05) is 5.32 Å². The Kier molecular flexibility index (Phi) is 5.59. The van der Waals surface area contributed by atoms with Gasteiger partial charge in [0.05, 0.1) is 5.41 Å². The summed E-state index contributed by atoms with van der Waals surface area (Å²) in [5.74, 6) is -0.148. The molecule has 1 aromatic carbocycles. The van der Waals surface area contributed by atoms with Gasteiger partial charge in [0.25, 0.3) is 0 Å². The smallest absolute Gasteiger partial charge is 0.231 e. The van der Waals surface area contributed by atoms with E-state index in [0.717, 1.165) is 31.2 Å². The Morgan fingerprint density at radius 1 is 1.21 bits per heavy atom. The van der Waals surface area contributed by atoms with E-state index in [4.69, 9.17) is 11.6 Å². The molecule has 0 aliphatic heterocycles. The zero-order valence-corrected chi connectivity index (χ0v) is 15.7. The molecule has 0 unspecified atom stereocenters. The van der Waals surface area contributed by atoms with Crippen molar-refractivity contribution in [3.05, 3.63) is 28.8 Å². The number of benzene rings is 1. The summed E-state index contributed by atoms with van der Waals surface area (Å²) < 4.78 is 0. The molecule has 0 radical (unpaired) electrons. The number of hydrogen-bond donors (Lipinski definition) is 2. The quantitative estimate of drug-likeness (QED) is 0.842. The summed E-state index contributed by atoms with van der Waals surface area (Å²) in [7, 11) is 0. The highest BCUT2D eigenvalue weighted by atomic mass is 35.5. The molecular weight excluding hydrogens is 324 g/mol. The molecule has 5 heteroatoms. The molecule has 2 rings (SSSR count). The van der Waals surface area contributed by atoms with E-state index in [-0.39, 0.29) is 23.8 Å². The molecular formula is C19H27ClN2O2. The fourth-order valence-electron chi connectivity index (χ4n) is 3.24. The van der Waals surface area contributed by atoms with Gasteiger partial charge in [0, 0.05) is 22.7 Å². The summed E-state index contributed by atoms with van der Waals surface area (Å²) >= 11 is 6.13. The number of anilines is 1. The molecule has 1 aliphatic rings. The summed E-state index contributed by atoms with van der Waals surface area (Å²) in [5.41, 5.74) is 0.734. The van der Waals surface area contributed by atoms with Crippen LogP contribution in [0.3, 0.4) is 0 Å². The van der Waals surface area contributed by atoms with Crippen LogP contribution in [0.1, 0.15) is 58.4 Å². The summed E-state index contributed by atoms with van der Waals surface area (Å²) in [5, 5.41) is 6.55. The fraction of sp³-hybridized carbons (Fsp3) is 0.579. The van der Waals surface area contributed by atoms with Crippen molar-refractivity contribution in [1.82, 2.24) is 5.32 Å². The van der Waals surface area contributed by atoms with E-state index in [2.05, 4.69) is 10.6 Å². The van der Waals surface area contributed by atoms with Gasteiger partial charge in [0.1, 0.15) is 0 Å². The molecule has 1 saturated carbocycles. The molecule has 132 valence electrons. The molecule has 2 N–H and O–H groups in total. The normalized spacial score (nSPS) is 16.7. The first-order valence-corrected chi connectivity index (χ1v) is 8.88. The number of nitrogens with one attached hydrogen (secondary N) is 2. The largest absolute Gasteiger partial charge is 0.351 e. The Hall–Kier alpha value is -1.55. The lowest BCUT2D eigenvalue weighted by molar-refractivity contribution is -0.133. The van der Waals surface area contributed by atoms with Crippen LogP contribution < -0.4 is 10.6 Å². The third-order valence-electron chi connectivity index (χ3n) is 4.49. The lowest BCUT2D eigenvalue weighted by atomic mass is 9.81. The molecule has 24 heavy (non-hydrogen) atoms. The molecule has 0 aromatic heterocycles.